The minimum absolute atomic E-state index is 0.0393. The number of nitrogens with zero attached hydrogens (tertiary/aromatic N) is 3. The molecule has 1 amide bonds. The third-order valence-corrected chi connectivity index (χ3v) is 2.89. The van der Waals surface area contributed by atoms with Gasteiger partial charge in [0.15, 0.2) is 0 Å². The number of carbonyl (C=O) groups is 1. The Morgan fingerprint density at radius 3 is 2.53 bits per heavy atom. The maximum absolute atomic E-state index is 12.1. The van der Waals surface area contributed by atoms with E-state index in [9.17, 15) is 4.79 Å². The van der Waals surface area contributed by atoms with Gasteiger partial charge < -0.3 is 0 Å². The van der Waals surface area contributed by atoms with E-state index in [1.54, 1.807) is 24.1 Å². The molecule has 1 rings (SSSR count). The lowest BCUT2D eigenvalue weighted by Gasteiger charge is -2.21. The van der Waals surface area contributed by atoms with Crippen molar-refractivity contribution in [2.45, 2.75) is 26.7 Å². The molecule has 1 aromatic rings. The van der Waals surface area contributed by atoms with Crippen LogP contribution in [-0.2, 0) is 4.79 Å². The van der Waals surface area contributed by atoms with Crippen LogP contribution in [0.25, 0.3) is 0 Å². The van der Waals surface area contributed by atoms with Gasteiger partial charge in [-0.15, -0.1) is 0 Å². The molecule has 0 N–H and O–H groups in total. The van der Waals surface area contributed by atoms with Crippen LogP contribution in [0.15, 0.2) is 18.3 Å². The Hall–Kier alpha value is -1.89. The maximum Gasteiger partial charge on any atom is 0.230 e. The average molecular weight is 231 g/mol. The third-order valence-electron chi connectivity index (χ3n) is 2.89. The van der Waals surface area contributed by atoms with Gasteiger partial charge >= 0.3 is 0 Å². The Labute approximate surface area is 102 Å². The Bertz CT molecular complexity index is 415. The molecule has 4 heteroatoms. The molecule has 0 bridgehead atoms. The van der Waals surface area contributed by atoms with Gasteiger partial charge in [-0.1, -0.05) is 13.8 Å². The summed E-state index contributed by atoms with van der Waals surface area (Å²) in [5.41, 5.74) is 0.497. The van der Waals surface area contributed by atoms with Crippen molar-refractivity contribution in [3.8, 4) is 6.07 Å². The van der Waals surface area contributed by atoms with Crippen LogP contribution in [0.3, 0.4) is 0 Å². The van der Waals surface area contributed by atoms with E-state index >= 15 is 0 Å². The standard InChI is InChI=1S/C13H17N3O/c1-4-11(5-2)13(17)16(3)12-7-6-10(8-14)9-15-12/h6-7,9,11H,4-5H2,1-3H3. The molecule has 4 nitrogen and oxygen atoms in total. The van der Waals surface area contributed by atoms with Crippen molar-refractivity contribution in [3.05, 3.63) is 23.9 Å². The van der Waals surface area contributed by atoms with Crippen LogP contribution in [-0.4, -0.2) is 17.9 Å². The van der Waals surface area contributed by atoms with Crippen molar-refractivity contribution in [2.75, 3.05) is 11.9 Å². The summed E-state index contributed by atoms with van der Waals surface area (Å²) < 4.78 is 0. The van der Waals surface area contributed by atoms with Crippen molar-refractivity contribution in [1.29, 1.82) is 5.26 Å². The predicted molar refractivity (Wildman–Crippen MR) is 66.4 cm³/mol. The molecule has 0 spiro atoms. The third kappa shape index (κ3) is 3.04. The smallest absolute Gasteiger partial charge is 0.230 e. The monoisotopic (exact) mass is 231 g/mol. The number of carbonyl (C=O) groups excluding carboxylic acids is 1. The number of rotatable bonds is 4. The molecule has 1 aromatic heterocycles. The van der Waals surface area contributed by atoms with Crippen molar-refractivity contribution in [3.63, 3.8) is 0 Å². The Morgan fingerprint density at radius 1 is 1.47 bits per heavy atom. The van der Waals surface area contributed by atoms with E-state index in [1.165, 1.54) is 6.20 Å². The number of hydrogen-bond acceptors (Lipinski definition) is 3. The average Bonchev–Trinajstić information content (AvgIpc) is 2.39. The fourth-order valence-electron chi connectivity index (χ4n) is 1.68. The van der Waals surface area contributed by atoms with E-state index in [4.69, 9.17) is 5.26 Å². The largest absolute Gasteiger partial charge is 0.300 e. The normalized spacial score (nSPS) is 10.1. The summed E-state index contributed by atoms with van der Waals surface area (Å²) in [7, 11) is 1.72. The molecule has 0 unspecified atom stereocenters. The first-order chi connectivity index (χ1) is 8.13. The SMILES string of the molecule is CCC(CC)C(=O)N(C)c1ccc(C#N)cn1. The first-order valence-corrected chi connectivity index (χ1v) is 5.77. The second kappa shape index (κ2) is 6.00. The van der Waals surface area contributed by atoms with E-state index in [0.717, 1.165) is 12.8 Å². The summed E-state index contributed by atoms with van der Waals surface area (Å²) >= 11 is 0. The highest BCUT2D eigenvalue weighted by Crippen LogP contribution is 2.16. The zero-order valence-electron chi connectivity index (χ0n) is 10.5. The second-order valence-corrected chi connectivity index (χ2v) is 3.93. The molecule has 0 fully saturated rings. The molecule has 0 saturated carbocycles. The molecule has 0 aromatic carbocycles. The van der Waals surface area contributed by atoms with Gasteiger partial charge in [0.25, 0.3) is 0 Å². The van der Waals surface area contributed by atoms with Gasteiger partial charge in [-0.05, 0) is 25.0 Å². The van der Waals surface area contributed by atoms with E-state index in [2.05, 4.69) is 4.98 Å². The number of amides is 1. The quantitative estimate of drug-likeness (QED) is 0.799. The predicted octanol–water partition coefficient (Wildman–Crippen LogP) is 2.35. The summed E-state index contributed by atoms with van der Waals surface area (Å²) in [6.45, 7) is 4.01. The van der Waals surface area contributed by atoms with Crippen molar-refractivity contribution in [2.24, 2.45) is 5.92 Å². The lowest BCUT2D eigenvalue weighted by molar-refractivity contribution is -0.122. The van der Waals surface area contributed by atoms with Gasteiger partial charge in [0.05, 0.1) is 5.56 Å². The van der Waals surface area contributed by atoms with Gasteiger partial charge in [-0.25, -0.2) is 4.98 Å². The van der Waals surface area contributed by atoms with Crippen LogP contribution >= 0.6 is 0 Å². The molecule has 17 heavy (non-hydrogen) atoms. The van der Waals surface area contributed by atoms with Gasteiger partial charge in [0, 0.05) is 19.2 Å². The lowest BCUT2D eigenvalue weighted by atomic mass is 10.0. The summed E-state index contributed by atoms with van der Waals surface area (Å²) in [6, 6.07) is 5.36. The number of aromatic nitrogens is 1. The van der Waals surface area contributed by atoms with Crippen molar-refractivity contribution in [1.82, 2.24) is 4.98 Å². The lowest BCUT2D eigenvalue weighted by Crippen LogP contribution is -2.32. The van der Waals surface area contributed by atoms with Crippen LogP contribution in [0.5, 0.6) is 0 Å². The first kappa shape index (κ1) is 13.2. The molecule has 0 saturated heterocycles. The molecule has 90 valence electrons. The minimum Gasteiger partial charge on any atom is -0.300 e. The molecule has 0 atom stereocenters. The number of nitriles is 1. The fraction of sp³-hybridized carbons (Fsp3) is 0.462. The van der Waals surface area contributed by atoms with Crippen LogP contribution in [0.2, 0.25) is 0 Å². The van der Waals surface area contributed by atoms with Crippen molar-refractivity contribution >= 4 is 11.7 Å². The summed E-state index contributed by atoms with van der Waals surface area (Å²) in [5.74, 6) is 0.700. The van der Waals surface area contributed by atoms with Gasteiger partial charge in [-0.2, -0.15) is 5.26 Å². The number of pyridine rings is 1. The van der Waals surface area contributed by atoms with Crippen LogP contribution < -0.4 is 4.90 Å². The van der Waals surface area contributed by atoms with Crippen LogP contribution in [0.4, 0.5) is 5.82 Å². The van der Waals surface area contributed by atoms with Crippen LogP contribution in [0.1, 0.15) is 32.3 Å². The zero-order valence-corrected chi connectivity index (χ0v) is 10.5. The number of anilines is 1. The molecule has 0 radical (unpaired) electrons. The highest BCUT2D eigenvalue weighted by Gasteiger charge is 2.20. The second-order valence-electron chi connectivity index (χ2n) is 3.93. The summed E-state index contributed by atoms with van der Waals surface area (Å²) in [5, 5.41) is 8.67. The maximum atomic E-state index is 12.1. The zero-order chi connectivity index (χ0) is 12.8. The van der Waals surface area contributed by atoms with E-state index in [0.29, 0.717) is 11.4 Å². The topological polar surface area (TPSA) is 57.0 Å². The Kier molecular flexibility index (Phi) is 4.65. The molecule has 1 heterocycles. The summed E-state index contributed by atoms with van der Waals surface area (Å²) in [6.07, 6.45) is 3.14. The molecular weight excluding hydrogens is 214 g/mol. The van der Waals surface area contributed by atoms with Gasteiger partial charge in [0.1, 0.15) is 11.9 Å². The molecular formula is C13H17N3O. The highest BCUT2D eigenvalue weighted by atomic mass is 16.2. The highest BCUT2D eigenvalue weighted by molar-refractivity contribution is 5.93. The van der Waals surface area contributed by atoms with E-state index in [1.807, 2.05) is 19.9 Å². The fourth-order valence-corrected chi connectivity index (χ4v) is 1.68. The Balaban J connectivity index is 2.85. The molecule has 0 aliphatic carbocycles. The van der Waals surface area contributed by atoms with Gasteiger partial charge in [0.2, 0.25) is 5.91 Å². The number of hydrogen-bond donors (Lipinski definition) is 0. The summed E-state index contributed by atoms with van der Waals surface area (Å²) in [4.78, 5) is 17.7. The van der Waals surface area contributed by atoms with Crippen molar-refractivity contribution < 1.29 is 4.79 Å². The Morgan fingerprint density at radius 2 is 2.12 bits per heavy atom. The van der Waals surface area contributed by atoms with Crippen LogP contribution in [0, 0.1) is 17.2 Å². The first-order valence-electron chi connectivity index (χ1n) is 5.77. The van der Waals surface area contributed by atoms with E-state index in [-0.39, 0.29) is 11.8 Å². The molecule has 0 aliphatic rings. The minimum atomic E-state index is 0.0393. The van der Waals surface area contributed by atoms with Gasteiger partial charge in [-0.3, -0.25) is 9.69 Å². The molecule has 0 aliphatic heterocycles. The van der Waals surface area contributed by atoms with E-state index < -0.39 is 0 Å².